The molecule has 0 spiro atoms. The molecule has 1 saturated carbocycles. The van der Waals surface area contributed by atoms with Crippen LogP contribution in [0.1, 0.15) is 66.2 Å². The number of hydrogen-bond donors (Lipinski definition) is 1. The van der Waals surface area contributed by atoms with Crippen LogP contribution in [-0.4, -0.2) is 36.1 Å². The molecule has 2 aliphatic rings. The zero-order valence-corrected chi connectivity index (χ0v) is 13.5. The Kier molecular flexibility index (Phi) is 5.30. The van der Waals surface area contributed by atoms with Gasteiger partial charge in [-0.1, -0.05) is 33.6 Å². The lowest BCUT2D eigenvalue weighted by molar-refractivity contribution is 0.0597. The van der Waals surface area contributed by atoms with Crippen LogP contribution >= 0.6 is 0 Å². The molecule has 0 aromatic carbocycles. The number of piperazine rings is 1. The topological polar surface area (TPSA) is 15.3 Å². The smallest absolute Gasteiger partial charge is 0.0278 e. The fourth-order valence-corrected chi connectivity index (χ4v) is 3.88. The van der Waals surface area contributed by atoms with Gasteiger partial charge in [0.25, 0.3) is 0 Å². The monoisotopic (exact) mass is 266 g/mol. The maximum absolute atomic E-state index is 3.81. The molecule has 1 N–H and O–H groups in total. The van der Waals surface area contributed by atoms with Crippen LogP contribution in [-0.2, 0) is 0 Å². The molecule has 0 aromatic heterocycles. The van der Waals surface area contributed by atoms with Crippen molar-refractivity contribution in [3.05, 3.63) is 0 Å². The zero-order chi connectivity index (χ0) is 13.9. The quantitative estimate of drug-likeness (QED) is 0.817. The Morgan fingerprint density at radius 1 is 1.26 bits per heavy atom. The Labute approximate surface area is 120 Å². The summed E-state index contributed by atoms with van der Waals surface area (Å²) in [6.45, 7) is 13.2. The number of nitrogens with zero attached hydrogens (tertiary/aromatic N) is 1. The summed E-state index contributed by atoms with van der Waals surface area (Å²) in [5.74, 6) is 1.79. The SMILES string of the molecule is CCC1(C)CN(CC2CCCC2)C(CC(C)C)CN1. The third-order valence-corrected chi connectivity index (χ3v) is 5.32. The van der Waals surface area contributed by atoms with Crippen molar-refractivity contribution in [2.45, 2.75) is 77.8 Å². The van der Waals surface area contributed by atoms with Crippen molar-refractivity contribution >= 4 is 0 Å². The van der Waals surface area contributed by atoms with E-state index in [1.807, 2.05) is 0 Å². The first kappa shape index (κ1) is 15.3. The lowest BCUT2D eigenvalue weighted by atomic mass is 9.89. The summed E-state index contributed by atoms with van der Waals surface area (Å²) in [6.07, 6.45) is 8.47. The van der Waals surface area contributed by atoms with Gasteiger partial charge in [-0.3, -0.25) is 4.90 Å². The molecule has 1 aliphatic heterocycles. The maximum atomic E-state index is 3.81. The van der Waals surface area contributed by atoms with Gasteiger partial charge in [0, 0.05) is 31.2 Å². The van der Waals surface area contributed by atoms with Crippen molar-refractivity contribution in [1.29, 1.82) is 0 Å². The summed E-state index contributed by atoms with van der Waals surface area (Å²) >= 11 is 0. The predicted molar refractivity (Wildman–Crippen MR) is 83.5 cm³/mol. The van der Waals surface area contributed by atoms with Crippen molar-refractivity contribution < 1.29 is 0 Å². The van der Waals surface area contributed by atoms with E-state index in [4.69, 9.17) is 0 Å². The minimum absolute atomic E-state index is 0.339. The van der Waals surface area contributed by atoms with Crippen molar-refractivity contribution in [2.75, 3.05) is 19.6 Å². The molecule has 2 heteroatoms. The van der Waals surface area contributed by atoms with Gasteiger partial charge in [0.2, 0.25) is 0 Å². The minimum atomic E-state index is 0.339. The molecule has 112 valence electrons. The first-order valence-electron chi connectivity index (χ1n) is 8.51. The number of rotatable bonds is 5. The summed E-state index contributed by atoms with van der Waals surface area (Å²) in [5.41, 5.74) is 0.339. The normalized spacial score (nSPS) is 34.3. The average Bonchev–Trinajstić information content (AvgIpc) is 2.85. The lowest BCUT2D eigenvalue weighted by Gasteiger charge is -2.47. The van der Waals surface area contributed by atoms with Gasteiger partial charge in [-0.05, 0) is 44.4 Å². The highest BCUT2D eigenvalue weighted by molar-refractivity contribution is 4.95. The number of hydrogen-bond acceptors (Lipinski definition) is 2. The summed E-state index contributed by atoms with van der Waals surface area (Å²) < 4.78 is 0. The second kappa shape index (κ2) is 6.58. The molecular formula is C17H34N2. The Balaban J connectivity index is 1.97. The van der Waals surface area contributed by atoms with E-state index in [-0.39, 0.29) is 0 Å². The molecule has 19 heavy (non-hydrogen) atoms. The highest BCUT2D eigenvalue weighted by Crippen LogP contribution is 2.29. The summed E-state index contributed by atoms with van der Waals surface area (Å²) in [5, 5.41) is 3.81. The van der Waals surface area contributed by atoms with Crippen molar-refractivity contribution in [3.8, 4) is 0 Å². The van der Waals surface area contributed by atoms with E-state index in [0.717, 1.165) is 17.9 Å². The van der Waals surface area contributed by atoms with Crippen molar-refractivity contribution in [3.63, 3.8) is 0 Å². The third-order valence-electron chi connectivity index (χ3n) is 5.32. The van der Waals surface area contributed by atoms with Crippen LogP contribution in [0, 0.1) is 11.8 Å². The Morgan fingerprint density at radius 2 is 1.95 bits per heavy atom. The summed E-state index contributed by atoms with van der Waals surface area (Å²) in [4.78, 5) is 2.83. The number of nitrogens with one attached hydrogen (secondary N) is 1. The average molecular weight is 266 g/mol. The van der Waals surface area contributed by atoms with Gasteiger partial charge in [-0.15, -0.1) is 0 Å². The largest absolute Gasteiger partial charge is 0.309 e. The van der Waals surface area contributed by atoms with Crippen LogP contribution < -0.4 is 5.32 Å². The van der Waals surface area contributed by atoms with E-state index in [1.54, 1.807) is 0 Å². The van der Waals surface area contributed by atoms with Crippen LogP contribution in [0.5, 0.6) is 0 Å². The van der Waals surface area contributed by atoms with Gasteiger partial charge >= 0.3 is 0 Å². The second-order valence-corrected chi connectivity index (χ2v) is 7.66. The fourth-order valence-electron chi connectivity index (χ4n) is 3.88. The fraction of sp³-hybridized carbons (Fsp3) is 1.00. The Morgan fingerprint density at radius 3 is 2.53 bits per heavy atom. The molecule has 0 amide bonds. The maximum Gasteiger partial charge on any atom is 0.0278 e. The van der Waals surface area contributed by atoms with Gasteiger partial charge in [0.15, 0.2) is 0 Å². The molecule has 2 atom stereocenters. The standard InChI is InChI=1S/C17H34N2/c1-5-17(4)13-19(12-15-8-6-7-9-15)16(11-18-17)10-14(2)3/h14-16,18H,5-13H2,1-4H3. The first-order chi connectivity index (χ1) is 9.02. The van der Waals surface area contributed by atoms with Crippen LogP contribution in [0.25, 0.3) is 0 Å². The molecular weight excluding hydrogens is 232 g/mol. The van der Waals surface area contributed by atoms with Crippen LogP contribution in [0.2, 0.25) is 0 Å². The molecule has 1 saturated heterocycles. The van der Waals surface area contributed by atoms with Gasteiger partial charge in [-0.25, -0.2) is 0 Å². The third kappa shape index (κ3) is 4.19. The van der Waals surface area contributed by atoms with E-state index in [1.165, 1.54) is 58.2 Å². The molecule has 1 heterocycles. The van der Waals surface area contributed by atoms with Crippen molar-refractivity contribution in [2.24, 2.45) is 11.8 Å². The van der Waals surface area contributed by atoms with Gasteiger partial charge in [0.05, 0.1) is 0 Å². The van der Waals surface area contributed by atoms with E-state index >= 15 is 0 Å². The zero-order valence-electron chi connectivity index (χ0n) is 13.5. The van der Waals surface area contributed by atoms with Crippen molar-refractivity contribution in [1.82, 2.24) is 10.2 Å². The molecule has 2 fully saturated rings. The summed E-state index contributed by atoms with van der Waals surface area (Å²) in [6, 6.07) is 0.764. The molecule has 0 radical (unpaired) electrons. The highest BCUT2D eigenvalue weighted by Gasteiger charge is 2.35. The Bertz CT molecular complexity index is 270. The van der Waals surface area contributed by atoms with E-state index in [0.29, 0.717) is 5.54 Å². The van der Waals surface area contributed by atoms with Gasteiger partial charge in [-0.2, -0.15) is 0 Å². The van der Waals surface area contributed by atoms with Gasteiger partial charge < -0.3 is 5.32 Å². The Hall–Kier alpha value is -0.0800. The minimum Gasteiger partial charge on any atom is -0.309 e. The second-order valence-electron chi connectivity index (χ2n) is 7.66. The highest BCUT2D eigenvalue weighted by atomic mass is 15.3. The molecule has 0 bridgehead atoms. The van der Waals surface area contributed by atoms with E-state index in [9.17, 15) is 0 Å². The predicted octanol–water partition coefficient (Wildman–Crippen LogP) is 3.67. The molecule has 1 aliphatic carbocycles. The first-order valence-corrected chi connectivity index (χ1v) is 8.51. The van der Waals surface area contributed by atoms with E-state index in [2.05, 4.69) is 37.9 Å². The van der Waals surface area contributed by atoms with E-state index < -0.39 is 0 Å². The molecule has 2 nitrogen and oxygen atoms in total. The molecule has 2 unspecified atom stereocenters. The molecule has 2 rings (SSSR count). The van der Waals surface area contributed by atoms with Gasteiger partial charge in [0.1, 0.15) is 0 Å². The van der Waals surface area contributed by atoms with Crippen LogP contribution in [0.3, 0.4) is 0 Å². The summed E-state index contributed by atoms with van der Waals surface area (Å²) in [7, 11) is 0. The molecule has 0 aromatic rings. The van der Waals surface area contributed by atoms with Crippen LogP contribution in [0.4, 0.5) is 0 Å². The van der Waals surface area contributed by atoms with Crippen LogP contribution in [0.15, 0.2) is 0 Å². The lowest BCUT2D eigenvalue weighted by Crippen LogP contribution is -2.63.